The van der Waals surface area contributed by atoms with E-state index in [1.165, 1.54) is 0 Å². The van der Waals surface area contributed by atoms with E-state index in [-0.39, 0.29) is 16.3 Å². The van der Waals surface area contributed by atoms with Gasteiger partial charge in [-0.25, -0.2) is 21.9 Å². The van der Waals surface area contributed by atoms with Crippen LogP contribution in [0.2, 0.25) is 0 Å². The van der Waals surface area contributed by atoms with E-state index in [0.717, 1.165) is 37.9 Å². The maximum Gasteiger partial charge on any atom is 0.322 e. The number of nitrogens with one attached hydrogen (secondary N) is 1. The Morgan fingerprint density at radius 3 is 2.53 bits per heavy atom. The molecule has 0 saturated carbocycles. The molecule has 13 heteroatoms. The van der Waals surface area contributed by atoms with Crippen molar-refractivity contribution in [1.82, 2.24) is 24.4 Å². The largest absolute Gasteiger partial charge is 0.424 e. The molecule has 4 rings (SSSR count). The fourth-order valence-corrected chi connectivity index (χ4v) is 5.55. The summed E-state index contributed by atoms with van der Waals surface area (Å²) in [5.74, 6) is -1.13. The van der Waals surface area contributed by atoms with Crippen LogP contribution in [0.4, 0.5) is 14.5 Å². The summed E-state index contributed by atoms with van der Waals surface area (Å²) in [6.07, 6.45) is 0. The molecule has 3 aromatic rings. The molecule has 1 atom stereocenters. The Labute approximate surface area is 217 Å². The Hall–Kier alpha value is -2.61. The summed E-state index contributed by atoms with van der Waals surface area (Å²) in [4.78, 5) is 3.76. The van der Waals surface area contributed by atoms with Crippen LogP contribution in [0.15, 0.2) is 45.8 Å². The van der Waals surface area contributed by atoms with Crippen LogP contribution in [0.5, 0.6) is 11.8 Å². The van der Waals surface area contributed by atoms with Crippen LogP contribution >= 0.6 is 15.9 Å². The van der Waals surface area contributed by atoms with Crippen molar-refractivity contribution in [2.75, 3.05) is 38.1 Å². The summed E-state index contributed by atoms with van der Waals surface area (Å²) in [7, 11) is -2.29. The third-order valence-corrected chi connectivity index (χ3v) is 8.10. The number of aromatic nitrogens is 3. The van der Waals surface area contributed by atoms with Gasteiger partial charge in [-0.3, -0.25) is 4.57 Å². The summed E-state index contributed by atoms with van der Waals surface area (Å²) in [6, 6.07) is 8.35. The number of benzene rings is 2. The highest BCUT2D eigenvalue weighted by atomic mass is 79.9. The van der Waals surface area contributed by atoms with Gasteiger partial charge in [-0.05, 0) is 61.1 Å². The number of sulfonamides is 1. The van der Waals surface area contributed by atoms with Crippen molar-refractivity contribution < 1.29 is 21.9 Å². The van der Waals surface area contributed by atoms with Crippen molar-refractivity contribution in [2.45, 2.75) is 31.3 Å². The Balaban J connectivity index is 1.53. The summed E-state index contributed by atoms with van der Waals surface area (Å²) in [5, 5.41) is 8.20. The molecule has 1 aliphatic heterocycles. The minimum atomic E-state index is -4.39. The number of rotatable bonds is 8. The van der Waals surface area contributed by atoms with Gasteiger partial charge in [-0.1, -0.05) is 11.2 Å². The number of likely N-dealkylation sites (N-methyl/N-ethyl adjacent to an activating group) is 1. The van der Waals surface area contributed by atoms with Crippen LogP contribution in [-0.2, 0) is 16.6 Å². The summed E-state index contributed by atoms with van der Waals surface area (Å²) in [5.41, 5.74) is 1.04. The molecule has 0 unspecified atom stereocenters. The molecule has 1 aromatic heterocycles. The SMILES string of the molecule is CCn1c(Oc2cccc(N3CCN(C)CC3)c2)nnc1[C@@H](C)NS(=O)(=O)c1cc(F)c(Br)cc1F. The van der Waals surface area contributed by atoms with Crippen molar-refractivity contribution in [2.24, 2.45) is 0 Å². The summed E-state index contributed by atoms with van der Waals surface area (Å²) >= 11 is 2.84. The summed E-state index contributed by atoms with van der Waals surface area (Å²) < 4.78 is 63.5. The lowest BCUT2D eigenvalue weighted by Gasteiger charge is -2.34. The molecule has 2 aromatic carbocycles. The van der Waals surface area contributed by atoms with E-state index in [4.69, 9.17) is 4.74 Å². The Morgan fingerprint density at radius 2 is 1.83 bits per heavy atom. The maximum absolute atomic E-state index is 14.3. The molecule has 0 spiro atoms. The molecule has 0 amide bonds. The Kier molecular flexibility index (Phi) is 7.93. The van der Waals surface area contributed by atoms with Crippen molar-refractivity contribution in [3.05, 3.63) is 58.3 Å². The second-order valence-electron chi connectivity index (χ2n) is 8.51. The fourth-order valence-electron chi connectivity index (χ4n) is 3.97. The second kappa shape index (κ2) is 10.8. The predicted molar refractivity (Wildman–Crippen MR) is 135 cm³/mol. The first-order valence-electron chi connectivity index (χ1n) is 11.4. The topological polar surface area (TPSA) is 92.6 Å². The van der Waals surface area contributed by atoms with Crippen LogP contribution < -0.4 is 14.4 Å². The van der Waals surface area contributed by atoms with E-state index in [1.807, 2.05) is 31.2 Å². The zero-order chi connectivity index (χ0) is 26.0. The Bertz CT molecular complexity index is 1350. The number of halogens is 3. The number of anilines is 1. The number of piperazine rings is 1. The highest BCUT2D eigenvalue weighted by Crippen LogP contribution is 2.28. The molecule has 0 radical (unpaired) electrons. The second-order valence-corrected chi connectivity index (χ2v) is 11.1. The van der Waals surface area contributed by atoms with Crippen LogP contribution in [0.3, 0.4) is 0 Å². The molecular formula is C23H27BrF2N6O3S. The molecule has 194 valence electrons. The third-order valence-electron chi connectivity index (χ3n) is 5.94. The molecule has 9 nitrogen and oxygen atoms in total. The van der Waals surface area contributed by atoms with Gasteiger partial charge in [-0.2, -0.15) is 0 Å². The molecule has 0 bridgehead atoms. The van der Waals surface area contributed by atoms with Crippen molar-refractivity contribution >= 4 is 31.6 Å². The standard InChI is InChI=1S/C23H27BrF2N6O3S/c1-4-32-22(15(2)29-36(33,34)21-14-19(25)18(24)13-20(21)26)27-28-23(32)35-17-7-5-6-16(12-17)31-10-8-30(3)9-11-31/h5-7,12-15,29H,4,8-11H2,1-3H3/t15-/m1/s1. The van der Waals surface area contributed by atoms with Crippen LogP contribution in [-0.4, -0.2) is 61.3 Å². The van der Waals surface area contributed by atoms with Gasteiger partial charge >= 0.3 is 6.01 Å². The highest BCUT2D eigenvalue weighted by Gasteiger charge is 2.27. The minimum Gasteiger partial charge on any atom is -0.424 e. The smallest absolute Gasteiger partial charge is 0.322 e. The van der Waals surface area contributed by atoms with Gasteiger partial charge in [0.15, 0.2) is 5.82 Å². The predicted octanol–water partition coefficient (Wildman–Crippen LogP) is 3.92. The molecule has 2 heterocycles. The maximum atomic E-state index is 14.3. The lowest BCUT2D eigenvalue weighted by Crippen LogP contribution is -2.44. The van der Waals surface area contributed by atoms with Crippen molar-refractivity contribution in [3.63, 3.8) is 0 Å². The van der Waals surface area contributed by atoms with E-state index >= 15 is 0 Å². The van der Waals surface area contributed by atoms with Crippen molar-refractivity contribution in [3.8, 4) is 11.8 Å². The zero-order valence-electron chi connectivity index (χ0n) is 20.1. The van der Waals surface area contributed by atoms with E-state index in [2.05, 4.69) is 47.7 Å². The zero-order valence-corrected chi connectivity index (χ0v) is 22.5. The molecule has 36 heavy (non-hydrogen) atoms. The fraction of sp³-hybridized carbons (Fsp3) is 0.391. The average Bonchev–Trinajstić information content (AvgIpc) is 3.24. The molecular weight excluding hydrogens is 558 g/mol. The first-order valence-corrected chi connectivity index (χ1v) is 13.7. The van der Waals surface area contributed by atoms with E-state index in [9.17, 15) is 17.2 Å². The quantitative estimate of drug-likeness (QED) is 0.401. The lowest BCUT2D eigenvalue weighted by molar-refractivity contribution is 0.312. The number of hydrogen-bond donors (Lipinski definition) is 1. The molecule has 1 N–H and O–H groups in total. The molecule has 0 aliphatic carbocycles. The van der Waals surface area contributed by atoms with Crippen LogP contribution in [0, 0.1) is 11.6 Å². The van der Waals surface area contributed by atoms with E-state index < -0.39 is 32.6 Å². The van der Waals surface area contributed by atoms with Crippen molar-refractivity contribution in [1.29, 1.82) is 0 Å². The lowest BCUT2D eigenvalue weighted by atomic mass is 10.2. The summed E-state index contributed by atoms with van der Waals surface area (Å²) in [6.45, 7) is 7.55. The first kappa shape index (κ1) is 26.5. The van der Waals surface area contributed by atoms with Gasteiger partial charge in [0.2, 0.25) is 10.0 Å². The molecule has 1 aliphatic rings. The molecule has 1 saturated heterocycles. The van der Waals surface area contributed by atoms with Gasteiger partial charge in [0.1, 0.15) is 22.3 Å². The van der Waals surface area contributed by atoms with Gasteiger partial charge in [0, 0.05) is 44.5 Å². The van der Waals surface area contributed by atoms with Gasteiger partial charge in [0.05, 0.1) is 10.5 Å². The van der Waals surface area contributed by atoms with Crippen LogP contribution in [0.1, 0.15) is 25.7 Å². The van der Waals surface area contributed by atoms with E-state index in [0.29, 0.717) is 18.4 Å². The molecule has 1 fully saturated rings. The number of ether oxygens (including phenoxy) is 1. The van der Waals surface area contributed by atoms with E-state index in [1.54, 1.807) is 11.5 Å². The monoisotopic (exact) mass is 584 g/mol. The number of nitrogens with zero attached hydrogens (tertiary/aromatic N) is 5. The van der Waals surface area contributed by atoms with Gasteiger partial charge < -0.3 is 14.5 Å². The minimum absolute atomic E-state index is 0.170. The third kappa shape index (κ3) is 5.69. The van der Waals surface area contributed by atoms with Gasteiger partial charge in [-0.15, -0.1) is 5.10 Å². The first-order chi connectivity index (χ1) is 17.1. The van der Waals surface area contributed by atoms with Gasteiger partial charge in [0.25, 0.3) is 0 Å². The average molecular weight is 585 g/mol. The van der Waals surface area contributed by atoms with Crippen LogP contribution in [0.25, 0.3) is 0 Å². The highest BCUT2D eigenvalue weighted by molar-refractivity contribution is 9.10. The normalized spacial score (nSPS) is 15.8. The Morgan fingerprint density at radius 1 is 1.11 bits per heavy atom. The number of hydrogen-bond acceptors (Lipinski definition) is 7.